The van der Waals surface area contributed by atoms with E-state index in [0.717, 1.165) is 5.56 Å². The second kappa shape index (κ2) is 3.77. The zero-order valence-corrected chi connectivity index (χ0v) is 10.5. The Kier molecular flexibility index (Phi) is 2.66. The minimum atomic E-state index is -1.01. The average molecular weight is 233 g/mol. The van der Waals surface area contributed by atoms with E-state index in [2.05, 4.69) is 4.98 Å². The molecular formula is C14H16FNO. The molecule has 0 radical (unpaired) electrons. The molecular weight excluding hydrogens is 217 g/mol. The van der Waals surface area contributed by atoms with Crippen molar-refractivity contribution in [2.45, 2.75) is 33.3 Å². The Morgan fingerprint density at radius 2 is 1.82 bits per heavy atom. The van der Waals surface area contributed by atoms with Gasteiger partial charge in [-0.3, -0.25) is 4.98 Å². The largest absolute Gasteiger partial charge is 0.386 e. The fourth-order valence-corrected chi connectivity index (χ4v) is 2.05. The lowest BCUT2D eigenvalue weighted by Gasteiger charge is -2.21. The highest BCUT2D eigenvalue weighted by Gasteiger charge is 2.21. The first-order valence-electron chi connectivity index (χ1n) is 5.59. The zero-order chi connectivity index (χ0) is 12.8. The summed E-state index contributed by atoms with van der Waals surface area (Å²) in [5.41, 5.74) is 1.56. The Balaban J connectivity index is 2.93. The van der Waals surface area contributed by atoms with E-state index in [9.17, 15) is 9.50 Å². The number of aryl methyl sites for hydroxylation is 2. The molecule has 17 heavy (non-hydrogen) atoms. The number of benzene rings is 1. The van der Waals surface area contributed by atoms with E-state index in [-0.39, 0.29) is 5.82 Å². The van der Waals surface area contributed by atoms with E-state index < -0.39 is 5.60 Å². The van der Waals surface area contributed by atoms with Gasteiger partial charge in [0, 0.05) is 11.1 Å². The van der Waals surface area contributed by atoms with Crippen LogP contribution in [0.2, 0.25) is 0 Å². The summed E-state index contributed by atoms with van der Waals surface area (Å²) in [5.74, 6) is -0.339. The van der Waals surface area contributed by atoms with Crippen molar-refractivity contribution in [3.8, 4) is 0 Å². The molecule has 0 spiro atoms. The Morgan fingerprint density at radius 3 is 2.41 bits per heavy atom. The van der Waals surface area contributed by atoms with Crippen molar-refractivity contribution in [1.29, 1.82) is 0 Å². The summed E-state index contributed by atoms with van der Waals surface area (Å²) in [4.78, 5) is 4.20. The number of aliphatic hydroxyl groups is 1. The summed E-state index contributed by atoms with van der Waals surface area (Å²) in [5, 5.41) is 10.8. The van der Waals surface area contributed by atoms with E-state index >= 15 is 0 Å². The number of hydrogen-bond acceptors (Lipinski definition) is 2. The predicted molar refractivity (Wildman–Crippen MR) is 66.4 cm³/mol. The highest BCUT2D eigenvalue weighted by atomic mass is 19.1. The first kappa shape index (κ1) is 12.0. The van der Waals surface area contributed by atoms with Crippen molar-refractivity contribution < 1.29 is 9.50 Å². The first-order chi connectivity index (χ1) is 7.79. The number of aromatic nitrogens is 1. The van der Waals surface area contributed by atoms with Gasteiger partial charge < -0.3 is 5.11 Å². The van der Waals surface area contributed by atoms with E-state index in [1.807, 2.05) is 13.0 Å². The minimum Gasteiger partial charge on any atom is -0.386 e. The zero-order valence-electron chi connectivity index (χ0n) is 10.5. The van der Waals surface area contributed by atoms with Crippen LogP contribution in [0.25, 0.3) is 10.9 Å². The predicted octanol–water partition coefficient (Wildman–Crippen LogP) is 3.22. The molecule has 0 aliphatic heterocycles. The summed E-state index contributed by atoms with van der Waals surface area (Å²) in [6, 6.07) is 5.13. The summed E-state index contributed by atoms with van der Waals surface area (Å²) in [6.07, 6.45) is 0. The lowest BCUT2D eigenvalue weighted by atomic mass is 9.93. The standard InChI is InChI=1S/C14H16FNO/c1-8-5-10-11(14(3,4)17)7-9(2)16-13(10)12(15)6-8/h5-7,17H,1-4H3. The molecule has 2 nitrogen and oxygen atoms in total. The number of halogens is 1. The van der Waals surface area contributed by atoms with Crippen molar-refractivity contribution in [1.82, 2.24) is 4.98 Å². The summed E-state index contributed by atoms with van der Waals surface area (Å²) in [7, 11) is 0. The fourth-order valence-electron chi connectivity index (χ4n) is 2.05. The molecule has 0 aliphatic carbocycles. The quantitative estimate of drug-likeness (QED) is 0.820. The number of rotatable bonds is 1. The van der Waals surface area contributed by atoms with Crippen molar-refractivity contribution >= 4 is 10.9 Å². The normalized spacial score (nSPS) is 12.1. The second-order valence-corrected chi connectivity index (χ2v) is 5.01. The molecule has 90 valence electrons. The molecule has 1 N–H and O–H groups in total. The van der Waals surface area contributed by atoms with Crippen molar-refractivity contribution in [2.75, 3.05) is 0 Å². The third kappa shape index (κ3) is 2.15. The molecule has 0 unspecified atom stereocenters. The summed E-state index contributed by atoms with van der Waals surface area (Å²) < 4.78 is 13.9. The lowest BCUT2D eigenvalue weighted by Crippen LogP contribution is -2.17. The van der Waals surface area contributed by atoms with Crippen LogP contribution >= 0.6 is 0 Å². The Bertz CT molecular complexity index is 585. The molecule has 0 amide bonds. The molecule has 0 saturated heterocycles. The maximum Gasteiger partial charge on any atom is 0.149 e. The number of pyridine rings is 1. The van der Waals surface area contributed by atoms with Gasteiger partial charge in [-0.05, 0) is 57.0 Å². The third-order valence-electron chi connectivity index (χ3n) is 2.80. The summed E-state index contributed by atoms with van der Waals surface area (Å²) >= 11 is 0. The van der Waals surface area contributed by atoms with Crippen LogP contribution < -0.4 is 0 Å². The van der Waals surface area contributed by atoms with Gasteiger partial charge in [0.25, 0.3) is 0 Å². The van der Waals surface area contributed by atoms with Crippen LogP contribution in [0.5, 0.6) is 0 Å². The van der Waals surface area contributed by atoms with Gasteiger partial charge in [-0.1, -0.05) is 0 Å². The van der Waals surface area contributed by atoms with Crippen LogP contribution in [0.3, 0.4) is 0 Å². The average Bonchev–Trinajstić information content (AvgIpc) is 2.16. The molecule has 1 aromatic carbocycles. The first-order valence-corrected chi connectivity index (χ1v) is 5.59. The van der Waals surface area contributed by atoms with E-state index in [0.29, 0.717) is 22.2 Å². The number of fused-ring (bicyclic) bond motifs is 1. The topological polar surface area (TPSA) is 33.1 Å². The Labute approximate surface area is 100 Å². The van der Waals surface area contributed by atoms with Gasteiger partial charge in [0.2, 0.25) is 0 Å². The van der Waals surface area contributed by atoms with Crippen LogP contribution in [-0.4, -0.2) is 10.1 Å². The van der Waals surface area contributed by atoms with Crippen molar-refractivity contribution in [3.05, 3.63) is 40.8 Å². The van der Waals surface area contributed by atoms with E-state index in [4.69, 9.17) is 0 Å². The van der Waals surface area contributed by atoms with Crippen molar-refractivity contribution in [3.63, 3.8) is 0 Å². The summed E-state index contributed by atoms with van der Waals surface area (Å²) in [6.45, 7) is 7.02. The van der Waals surface area contributed by atoms with Gasteiger partial charge in [0.1, 0.15) is 11.3 Å². The van der Waals surface area contributed by atoms with Gasteiger partial charge in [-0.2, -0.15) is 0 Å². The molecule has 3 heteroatoms. The number of nitrogens with zero attached hydrogens (tertiary/aromatic N) is 1. The maximum absolute atomic E-state index is 13.9. The molecule has 0 bridgehead atoms. The highest BCUT2D eigenvalue weighted by molar-refractivity contribution is 5.84. The van der Waals surface area contributed by atoms with Crippen LogP contribution in [-0.2, 0) is 5.60 Å². The van der Waals surface area contributed by atoms with Crippen molar-refractivity contribution in [2.24, 2.45) is 0 Å². The highest BCUT2D eigenvalue weighted by Crippen LogP contribution is 2.30. The SMILES string of the molecule is Cc1cc(F)c2nc(C)cc(C(C)(C)O)c2c1. The maximum atomic E-state index is 13.9. The van der Waals surface area contributed by atoms with Gasteiger partial charge in [0.15, 0.2) is 0 Å². The van der Waals surface area contributed by atoms with Crippen LogP contribution in [0.4, 0.5) is 4.39 Å². The molecule has 2 rings (SSSR count). The van der Waals surface area contributed by atoms with Crippen LogP contribution in [0.15, 0.2) is 18.2 Å². The minimum absolute atomic E-state index is 0.327. The lowest BCUT2D eigenvalue weighted by molar-refractivity contribution is 0.0800. The molecule has 0 fully saturated rings. The van der Waals surface area contributed by atoms with E-state index in [1.165, 1.54) is 6.07 Å². The van der Waals surface area contributed by atoms with Gasteiger partial charge in [0.05, 0.1) is 5.60 Å². The molecule has 0 saturated carbocycles. The molecule has 0 atom stereocenters. The Morgan fingerprint density at radius 1 is 1.18 bits per heavy atom. The smallest absolute Gasteiger partial charge is 0.149 e. The fraction of sp³-hybridized carbons (Fsp3) is 0.357. The van der Waals surface area contributed by atoms with Gasteiger partial charge >= 0.3 is 0 Å². The van der Waals surface area contributed by atoms with Crippen LogP contribution in [0.1, 0.15) is 30.7 Å². The van der Waals surface area contributed by atoms with Gasteiger partial charge in [-0.25, -0.2) is 4.39 Å². The number of hydrogen-bond donors (Lipinski definition) is 1. The monoisotopic (exact) mass is 233 g/mol. The van der Waals surface area contributed by atoms with Crippen LogP contribution in [0, 0.1) is 19.7 Å². The second-order valence-electron chi connectivity index (χ2n) is 5.01. The molecule has 0 aliphatic rings. The molecule has 1 heterocycles. The van der Waals surface area contributed by atoms with Gasteiger partial charge in [-0.15, -0.1) is 0 Å². The van der Waals surface area contributed by atoms with E-state index in [1.54, 1.807) is 26.8 Å². The molecule has 1 aromatic heterocycles. The Hall–Kier alpha value is -1.48. The third-order valence-corrected chi connectivity index (χ3v) is 2.80. The molecule has 2 aromatic rings.